The van der Waals surface area contributed by atoms with Gasteiger partial charge in [-0.15, -0.1) is 0 Å². The Bertz CT molecular complexity index is 467. The summed E-state index contributed by atoms with van der Waals surface area (Å²) < 4.78 is 0. The zero-order chi connectivity index (χ0) is 13.7. The Hall–Kier alpha value is -2.10. The van der Waals surface area contributed by atoms with Crippen LogP contribution in [0.2, 0.25) is 0 Å². The van der Waals surface area contributed by atoms with Gasteiger partial charge in [-0.05, 0) is 13.8 Å². The molecule has 0 aliphatic carbocycles. The van der Waals surface area contributed by atoms with Gasteiger partial charge in [0.15, 0.2) is 11.6 Å². The topological polar surface area (TPSA) is 68.3 Å². The van der Waals surface area contributed by atoms with E-state index >= 15 is 0 Å². The Morgan fingerprint density at radius 2 is 1.11 bits per heavy atom. The van der Waals surface area contributed by atoms with E-state index in [0.29, 0.717) is 0 Å². The van der Waals surface area contributed by atoms with E-state index in [-0.39, 0.29) is 35.5 Å². The quantitative estimate of drug-likeness (QED) is 0.568. The number of Topliss-reactive ketones (excluding diaryl/α,β-unsaturated/α-hetero) is 4. The third-order valence-corrected chi connectivity index (χ3v) is 2.35. The normalized spacial score (nSPS) is 9.89. The molecule has 0 fully saturated rings. The van der Waals surface area contributed by atoms with Crippen molar-refractivity contribution in [2.24, 2.45) is 0 Å². The molecule has 0 atom stereocenters. The first-order chi connectivity index (χ1) is 8.41. The zero-order valence-corrected chi connectivity index (χ0v) is 10.4. The maximum Gasteiger partial charge on any atom is 0.170 e. The standard InChI is InChI=1S/C14H14O4/c1-9(15)7-13(17)11-5-3-4-6-12(11)14(18)8-10(2)16/h3-6H,7-8H2,1-2H3. The number of benzene rings is 1. The van der Waals surface area contributed by atoms with Crippen molar-refractivity contribution in [1.29, 1.82) is 0 Å². The van der Waals surface area contributed by atoms with E-state index in [9.17, 15) is 19.2 Å². The molecule has 1 aromatic carbocycles. The highest BCUT2D eigenvalue weighted by atomic mass is 16.2. The summed E-state index contributed by atoms with van der Waals surface area (Å²) in [4.78, 5) is 45.5. The van der Waals surface area contributed by atoms with Crippen molar-refractivity contribution in [3.8, 4) is 0 Å². The summed E-state index contributed by atoms with van der Waals surface area (Å²) >= 11 is 0. The maximum absolute atomic E-state index is 11.8. The molecular formula is C14H14O4. The zero-order valence-electron chi connectivity index (χ0n) is 10.4. The van der Waals surface area contributed by atoms with E-state index in [2.05, 4.69) is 0 Å². The average Bonchev–Trinajstić information content (AvgIpc) is 2.27. The molecule has 0 bridgehead atoms. The molecule has 0 unspecified atom stereocenters. The van der Waals surface area contributed by atoms with E-state index in [1.807, 2.05) is 0 Å². The van der Waals surface area contributed by atoms with Gasteiger partial charge in [0.2, 0.25) is 0 Å². The van der Waals surface area contributed by atoms with Crippen LogP contribution < -0.4 is 0 Å². The van der Waals surface area contributed by atoms with Crippen LogP contribution in [0.5, 0.6) is 0 Å². The van der Waals surface area contributed by atoms with E-state index in [0.717, 1.165) is 0 Å². The van der Waals surface area contributed by atoms with Crippen molar-refractivity contribution >= 4 is 23.1 Å². The van der Waals surface area contributed by atoms with Crippen molar-refractivity contribution < 1.29 is 19.2 Å². The van der Waals surface area contributed by atoms with Gasteiger partial charge in [-0.2, -0.15) is 0 Å². The molecule has 0 N–H and O–H groups in total. The highest BCUT2D eigenvalue weighted by Gasteiger charge is 2.18. The van der Waals surface area contributed by atoms with Crippen LogP contribution in [0.1, 0.15) is 47.4 Å². The van der Waals surface area contributed by atoms with Crippen molar-refractivity contribution in [2.75, 3.05) is 0 Å². The lowest BCUT2D eigenvalue weighted by molar-refractivity contribution is -0.117. The summed E-state index contributed by atoms with van der Waals surface area (Å²) in [6, 6.07) is 6.24. The van der Waals surface area contributed by atoms with Gasteiger partial charge < -0.3 is 0 Å². The highest BCUT2D eigenvalue weighted by molar-refractivity contribution is 6.16. The molecule has 0 aliphatic rings. The minimum absolute atomic E-state index is 0.207. The predicted octanol–water partition coefficient (Wildman–Crippen LogP) is 2.01. The van der Waals surface area contributed by atoms with Crippen molar-refractivity contribution in [1.82, 2.24) is 0 Å². The van der Waals surface area contributed by atoms with Gasteiger partial charge in [-0.1, -0.05) is 24.3 Å². The second-order valence-corrected chi connectivity index (χ2v) is 4.15. The van der Waals surface area contributed by atoms with Gasteiger partial charge in [0, 0.05) is 11.1 Å². The van der Waals surface area contributed by atoms with Crippen LogP contribution >= 0.6 is 0 Å². The van der Waals surface area contributed by atoms with E-state index < -0.39 is 11.6 Å². The van der Waals surface area contributed by atoms with Crippen molar-refractivity contribution in [2.45, 2.75) is 26.7 Å². The predicted molar refractivity (Wildman–Crippen MR) is 65.7 cm³/mol. The molecule has 0 aromatic heterocycles. The van der Waals surface area contributed by atoms with Crippen LogP contribution in [0.25, 0.3) is 0 Å². The molecule has 1 aromatic rings. The summed E-state index contributed by atoms with van der Waals surface area (Å²) in [5.41, 5.74) is 0.415. The van der Waals surface area contributed by atoms with Crippen LogP contribution in [0.4, 0.5) is 0 Å². The van der Waals surface area contributed by atoms with Crippen LogP contribution in [0, 0.1) is 0 Å². The molecule has 4 nitrogen and oxygen atoms in total. The molecule has 0 aliphatic heterocycles. The summed E-state index contributed by atoms with van der Waals surface area (Å²) in [6.07, 6.45) is -0.464. The lowest BCUT2D eigenvalue weighted by atomic mass is 9.96. The first-order valence-electron chi connectivity index (χ1n) is 5.56. The summed E-state index contributed by atoms with van der Waals surface area (Å²) in [6.45, 7) is 2.63. The maximum atomic E-state index is 11.8. The summed E-state index contributed by atoms with van der Waals surface area (Å²) in [5.74, 6) is -1.30. The first kappa shape index (κ1) is 14.0. The Kier molecular flexibility index (Phi) is 4.66. The fourth-order valence-corrected chi connectivity index (χ4v) is 1.61. The molecule has 1 rings (SSSR count). The lowest BCUT2D eigenvalue weighted by Gasteiger charge is -2.06. The number of hydrogen-bond acceptors (Lipinski definition) is 4. The number of carbonyl (C=O) groups is 4. The van der Waals surface area contributed by atoms with Gasteiger partial charge in [0.05, 0.1) is 12.8 Å². The molecule has 4 heteroatoms. The lowest BCUT2D eigenvalue weighted by Crippen LogP contribution is -2.13. The Morgan fingerprint density at radius 1 is 0.778 bits per heavy atom. The third kappa shape index (κ3) is 3.73. The molecule has 0 amide bonds. The average molecular weight is 246 g/mol. The number of carbonyl (C=O) groups excluding carboxylic acids is 4. The van der Waals surface area contributed by atoms with Crippen LogP contribution in [-0.4, -0.2) is 23.1 Å². The summed E-state index contributed by atoms with van der Waals surface area (Å²) in [7, 11) is 0. The smallest absolute Gasteiger partial charge is 0.170 e. The Balaban J connectivity index is 3.06. The van der Waals surface area contributed by atoms with Gasteiger partial charge in [0.1, 0.15) is 11.6 Å². The highest BCUT2D eigenvalue weighted by Crippen LogP contribution is 2.14. The molecule has 18 heavy (non-hydrogen) atoms. The number of hydrogen-bond donors (Lipinski definition) is 0. The monoisotopic (exact) mass is 246 g/mol. The van der Waals surface area contributed by atoms with E-state index in [1.165, 1.54) is 26.0 Å². The minimum Gasteiger partial charge on any atom is -0.300 e. The SMILES string of the molecule is CC(=O)CC(=O)c1ccccc1C(=O)CC(C)=O. The Morgan fingerprint density at radius 3 is 1.39 bits per heavy atom. The Labute approximate surface area is 105 Å². The second-order valence-electron chi connectivity index (χ2n) is 4.15. The van der Waals surface area contributed by atoms with Crippen LogP contribution in [-0.2, 0) is 9.59 Å². The van der Waals surface area contributed by atoms with Gasteiger partial charge in [0.25, 0.3) is 0 Å². The fraction of sp³-hybridized carbons (Fsp3) is 0.286. The molecule has 0 spiro atoms. The number of rotatable bonds is 6. The number of ketones is 4. The first-order valence-corrected chi connectivity index (χ1v) is 5.56. The molecule has 0 radical (unpaired) electrons. The largest absolute Gasteiger partial charge is 0.300 e. The van der Waals surface area contributed by atoms with E-state index in [4.69, 9.17) is 0 Å². The fourth-order valence-electron chi connectivity index (χ4n) is 1.61. The third-order valence-electron chi connectivity index (χ3n) is 2.35. The van der Waals surface area contributed by atoms with Crippen molar-refractivity contribution in [3.63, 3.8) is 0 Å². The molecule has 0 saturated carbocycles. The molecular weight excluding hydrogens is 232 g/mol. The summed E-state index contributed by atoms with van der Waals surface area (Å²) in [5, 5.41) is 0. The van der Waals surface area contributed by atoms with Gasteiger partial charge in [-0.3, -0.25) is 19.2 Å². The molecule has 0 saturated heterocycles. The van der Waals surface area contributed by atoms with Crippen LogP contribution in [0.3, 0.4) is 0 Å². The van der Waals surface area contributed by atoms with Gasteiger partial charge >= 0.3 is 0 Å². The molecule has 0 heterocycles. The minimum atomic E-state index is -0.394. The molecule has 94 valence electrons. The second kappa shape index (κ2) is 6.00. The van der Waals surface area contributed by atoms with Crippen LogP contribution in [0.15, 0.2) is 24.3 Å². The van der Waals surface area contributed by atoms with Gasteiger partial charge in [-0.25, -0.2) is 0 Å². The van der Waals surface area contributed by atoms with Crippen molar-refractivity contribution in [3.05, 3.63) is 35.4 Å². The van der Waals surface area contributed by atoms with E-state index in [1.54, 1.807) is 12.1 Å².